The van der Waals surface area contributed by atoms with Crippen LogP contribution in [0, 0.1) is 0 Å². The zero-order valence-electron chi connectivity index (χ0n) is 12.7. The first-order chi connectivity index (χ1) is 10.3. The molecule has 0 radical (unpaired) electrons. The van der Waals surface area contributed by atoms with Crippen molar-refractivity contribution in [2.75, 3.05) is 5.32 Å². The number of benzene rings is 1. The summed E-state index contributed by atoms with van der Waals surface area (Å²) in [6.45, 7) is 6.04. The average Bonchev–Trinajstić information content (AvgIpc) is 2.89. The quantitative estimate of drug-likeness (QED) is 0.906. The minimum absolute atomic E-state index is 0.0305. The topological polar surface area (TPSA) is 79.3 Å². The van der Waals surface area contributed by atoms with Crippen molar-refractivity contribution in [1.82, 2.24) is 4.98 Å². The van der Waals surface area contributed by atoms with Crippen molar-refractivity contribution in [3.05, 3.63) is 45.9 Å². The molecule has 0 atom stereocenters. The summed E-state index contributed by atoms with van der Waals surface area (Å²) >= 11 is 1.31. The first kappa shape index (κ1) is 16.2. The summed E-state index contributed by atoms with van der Waals surface area (Å²) in [6.07, 6.45) is -0.0305. The van der Waals surface area contributed by atoms with Gasteiger partial charge in [0.25, 0.3) is 5.91 Å². The van der Waals surface area contributed by atoms with Crippen LogP contribution < -0.4 is 5.32 Å². The van der Waals surface area contributed by atoms with E-state index in [-0.39, 0.29) is 17.7 Å². The lowest BCUT2D eigenvalue weighted by molar-refractivity contribution is -0.136. The van der Waals surface area contributed by atoms with E-state index in [0.29, 0.717) is 16.1 Å². The summed E-state index contributed by atoms with van der Waals surface area (Å²) in [4.78, 5) is 27.9. The maximum atomic E-state index is 12.4. The number of thiazole rings is 1. The molecule has 0 aliphatic heterocycles. The van der Waals surface area contributed by atoms with Crippen LogP contribution >= 0.6 is 11.3 Å². The number of carbonyl (C=O) groups excluding carboxylic acids is 1. The zero-order valence-corrected chi connectivity index (χ0v) is 13.5. The lowest BCUT2D eigenvalue weighted by atomic mass is 9.91. The van der Waals surface area contributed by atoms with Crippen LogP contribution in [0.4, 0.5) is 5.69 Å². The van der Waals surface area contributed by atoms with Crippen molar-refractivity contribution in [2.45, 2.75) is 32.6 Å². The van der Waals surface area contributed by atoms with Gasteiger partial charge in [-0.25, -0.2) is 4.98 Å². The first-order valence-corrected chi connectivity index (χ1v) is 7.71. The predicted molar refractivity (Wildman–Crippen MR) is 86.5 cm³/mol. The molecule has 1 heterocycles. The van der Waals surface area contributed by atoms with Gasteiger partial charge in [-0.3, -0.25) is 9.59 Å². The van der Waals surface area contributed by atoms with E-state index in [4.69, 9.17) is 5.11 Å². The summed E-state index contributed by atoms with van der Waals surface area (Å²) in [5, 5.41) is 11.6. The van der Waals surface area contributed by atoms with Crippen molar-refractivity contribution in [1.29, 1.82) is 0 Å². The molecular weight excluding hydrogens is 300 g/mol. The number of hydrogen-bond donors (Lipinski definition) is 2. The van der Waals surface area contributed by atoms with Crippen LogP contribution in [0.5, 0.6) is 0 Å². The highest BCUT2D eigenvalue weighted by Gasteiger charge is 2.24. The molecule has 0 spiro atoms. The van der Waals surface area contributed by atoms with Gasteiger partial charge in [-0.1, -0.05) is 32.9 Å². The molecule has 6 heteroatoms. The molecule has 0 unspecified atom stereocenters. The van der Waals surface area contributed by atoms with Crippen LogP contribution in [0.3, 0.4) is 0 Å². The second-order valence-corrected chi connectivity index (χ2v) is 6.86. The van der Waals surface area contributed by atoms with Crippen molar-refractivity contribution >= 4 is 28.9 Å². The number of amides is 1. The summed E-state index contributed by atoms with van der Waals surface area (Å²) in [5.41, 5.74) is 3.58. The van der Waals surface area contributed by atoms with Crippen LogP contribution in [0.15, 0.2) is 29.8 Å². The lowest BCUT2D eigenvalue weighted by Gasteiger charge is -2.17. The Morgan fingerprint density at radius 1 is 1.23 bits per heavy atom. The van der Waals surface area contributed by atoms with Crippen LogP contribution in [0.1, 0.15) is 41.7 Å². The van der Waals surface area contributed by atoms with E-state index in [1.54, 1.807) is 29.8 Å². The van der Waals surface area contributed by atoms with E-state index >= 15 is 0 Å². The first-order valence-electron chi connectivity index (χ1n) is 6.83. The normalized spacial score (nSPS) is 11.2. The van der Waals surface area contributed by atoms with Gasteiger partial charge in [0.05, 0.1) is 17.6 Å². The molecule has 0 bridgehead atoms. The molecule has 22 heavy (non-hydrogen) atoms. The van der Waals surface area contributed by atoms with E-state index < -0.39 is 5.97 Å². The number of nitrogens with one attached hydrogen (secondary N) is 1. The molecule has 116 valence electrons. The van der Waals surface area contributed by atoms with Gasteiger partial charge in [-0.05, 0) is 17.7 Å². The van der Waals surface area contributed by atoms with Gasteiger partial charge in [0.1, 0.15) is 4.88 Å². The molecule has 5 nitrogen and oxygen atoms in total. The van der Waals surface area contributed by atoms with Gasteiger partial charge in [0.15, 0.2) is 0 Å². The van der Waals surface area contributed by atoms with E-state index in [0.717, 1.165) is 5.69 Å². The fraction of sp³-hybridized carbons (Fsp3) is 0.312. The van der Waals surface area contributed by atoms with Crippen LogP contribution in [0.25, 0.3) is 0 Å². The van der Waals surface area contributed by atoms with Crippen molar-refractivity contribution in [2.24, 2.45) is 0 Å². The molecule has 1 aromatic carbocycles. The third-order valence-electron chi connectivity index (χ3n) is 3.05. The molecule has 0 saturated carbocycles. The molecule has 1 aromatic heterocycles. The number of aromatic nitrogens is 1. The SMILES string of the molecule is CC(C)(C)c1ncsc1C(=O)Nc1ccc(CC(=O)O)cc1. The van der Waals surface area contributed by atoms with Gasteiger partial charge < -0.3 is 10.4 Å². The third-order valence-corrected chi connectivity index (χ3v) is 3.88. The summed E-state index contributed by atoms with van der Waals surface area (Å²) in [6, 6.07) is 6.80. The fourth-order valence-corrected chi connectivity index (χ4v) is 2.90. The molecule has 1 amide bonds. The molecule has 2 rings (SSSR count). The van der Waals surface area contributed by atoms with E-state index in [9.17, 15) is 9.59 Å². The number of hydrogen-bond acceptors (Lipinski definition) is 4. The minimum atomic E-state index is -0.878. The monoisotopic (exact) mass is 318 g/mol. The zero-order chi connectivity index (χ0) is 16.3. The molecule has 0 aliphatic carbocycles. The second-order valence-electron chi connectivity index (χ2n) is 6.00. The molecule has 2 N–H and O–H groups in total. The Morgan fingerprint density at radius 2 is 1.86 bits per heavy atom. The molecule has 0 saturated heterocycles. The highest BCUT2D eigenvalue weighted by molar-refractivity contribution is 7.12. The van der Waals surface area contributed by atoms with E-state index in [2.05, 4.69) is 10.3 Å². The van der Waals surface area contributed by atoms with Gasteiger partial charge in [-0.15, -0.1) is 11.3 Å². The predicted octanol–water partition coefficient (Wildman–Crippen LogP) is 3.32. The minimum Gasteiger partial charge on any atom is -0.481 e. The van der Waals surface area contributed by atoms with Gasteiger partial charge in [-0.2, -0.15) is 0 Å². The maximum Gasteiger partial charge on any atom is 0.307 e. The maximum absolute atomic E-state index is 12.4. The van der Waals surface area contributed by atoms with Crippen LogP contribution in [-0.4, -0.2) is 22.0 Å². The Morgan fingerprint density at radius 3 is 2.41 bits per heavy atom. The van der Waals surface area contributed by atoms with E-state index in [1.165, 1.54) is 11.3 Å². The number of carbonyl (C=O) groups is 2. The van der Waals surface area contributed by atoms with Gasteiger partial charge in [0, 0.05) is 11.1 Å². The number of nitrogens with zero attached hydrogens (tertiary/aromatic N) is 1. The number of carboxylic acids is 1. The Balaban J connectivity index is 2.13. The Bertz CT molecular complexity index is 684. The molecule has 2 aromatic rings. The lowest BCUT2D eigenvalue weighted by Crippen LogP contribution is -2.19. The highest BCUT2D eigenvalue weighted by atomic mass is 32.1. The average molecular weight is 318 g/mol. The van der Waals surface area contributed by atoms with Crippen LogP contribution in [0.2, 0.25) is 0 Å². The second kappa shape index (κ2) is 6.27. The number of aliphatic carboxylic acids is 1. The Kier molecular flexibility index (Phi) is 4.61. The Hall–Kier alpha value is -2.21. The van der Waals surface area contributed by atoms with Gasteiger partial charge >= 0.3 is 5.97 Å². The summed E-state index contributed by atoms with van der Waals surface area (Å²) < 4.78 is 0. The highest BCUT2D eigenvalue weighted by Crippen LogP contribution is 2.27. The summed E-state index contributed by atoms with van der Waals surface area (Å²) in [7, 11) is 0. The molecule has 0 fully saturated rings. The van der Waals surface area contributed by atoms with E-state index in [1.807, 2.05) is 20.8 Å². The van der Waals surface area contributed by atoms with Crippen molar-refractivity contribution < 1.29 is 14.7 Å². The van der Waals surface area contributed by atoms with Gasteiger partial charge in [0.2, 0.25) is 0 Å². The Labute approximate surface area is 133 Å². The fourth-order valence-electron chi connectivity index (χ4n) is 2.01. The number of anilines is 1. The number of carboxylic acid groups (broad SMARTS) is 1. The largest absolute Gasteiger partial charge is 0.481 e. The third kappa shape index (κ3) is 3.92. The number of rotatable bonds is 4. The smallest absolute Gasteiger partial charge is 0.307 e. The summed E-state index contributed by atoms with van der Waals surface area (Å²) in [5.74, 6) is -1.07. The molecule has 0 aliphatic rings. The molecular formula is C16H18N2O3S. The van der Waals surface area contributed by atoms with Crippen LogP contribution in [-0.2, 0) is 16.6 Å². The van der Waals surface area contributed by atoms with Crippen molar-refractivity contribution in [3.63, 3.8) is 0 Å². The van der Waals surface area contributed by atoms with Crippen molar-refractivity contribution in [3.8, 4) is 0 Å². The standard InChI is InChI=1S/C16H18N2O3S/c1-16(2,3)14-13(22-9-17-14)15(21)18-11-6-4-10(5-7-11)8-12(19)20/h4-7,9H,8H2,1-3H3,(H,18,21)(H,19,20).